The summed E-state index contributed by atoms with van der Waals surface area (Å²) in [6, 6.07) is 9.80. The van der Waals surface area contributed by atoms with Crippen LogP contribution in [0.1, 0.15) is 19.4 Å². The van der Waals surface area contributed by atoms with Crippen LogP contribution < -0.4 is 10.1 Å². The summed E-state index contributed by atoms with van der Waals surface area (Å²) in [7, 11) is 0. The molecule has 2 heterocycles. The maximum absolute atomic E-state index is 12.4. The Bertz CT molecular complexity index is 715. The summed E-state index contributed by atoms with van der Waals surface area (Å²) in [4.78, 5) is 25.1. The van der Waals surface area contributed by atoms with Crippen molar-refractivity contribution < 1.29 is 9.53 Å². The van der Waals surface area contributed by atoms with E-state index in [9.17, 15) is 4.79 Å². The zero-order valence-electron chi connectivity index (χ0n) is 16.0. The van der Waals surface area contributed by atoms with Gasteiger partial charge in [0, 0.05) is 45.1 Å². The molecule has 0 unspecified atom stereocenters. The first-order chi connectivity index (χ1) is 13.2. The van der Waals surface area contributed by atoms with Crippen LogP contribution in [-0.4, -0.2) is 64.5 Å². The van der Waals surface area contributed by atoms with Crippen LogP contribution in [0.15, 0.2) is 42.7 Å². The number of hydrogen-bond donors (Lipinski definition) is 1. The summed E-state index contributed by atoms with van der Waals surface area (Å²) in [5.74, 6) is 1.19. The fourth-order valence-corrected chi connectivity index (χ4v) is 3.17. The Kier molecular flexibility index (Phi) is 6.73. The van der Waals surface area contributed by atoms with Gasteiger partial charge in [0.1, 0.15) is 5.75 Å². The highest BCUT2D eigenvalue weighted by atomic mass is 16.5. The minimum Gasteiger partial charge on any atom is -0.494 e. The number of rotatable bonds is 7. The smallest absolute Gasteiger partial charge is 0.243 e. The van der Waals surface area contributed by atoms with E-state index >= 15 is 0 Å². The number of hydrogen-bond acceptors (Lipinski definition) is 6. The first kappa shape index (κ1) is 19.3. The van der Waals surface area contributed by atoms with Crippen molar-refractivity contribution in [3.05, 3.63) is 48.3 Å². The molecule has 1 aromatic heterocycles. The molecule has 7 nitrogen and oxygen atoms in total. The van der Waals surface area contributed by atoms with Gasteiger partial charge in [-0.3, -0.25) is 19.9 Å². The van der Waals surface area contributed by atoms with Gasteiger partial charge in [-0.1, -0.05) is 12.1 Å². The normalized spacial score (nSPS) is 16.7. The molecule has 144 valence electrons. The summed E-state index contributed by atoms with van der Waals surface area (Å²) < 4.78 is 5.49. The zero-order valence-corrected chi connectivity index (χ0v) is 16.0. The second-order valence-corrected chi connectivity index (χ2v) is 6.63. The SMILES string of the molecule is CCOc1ccc(CN2CCN([C@@H](C)C(=O)Nc3ncccn3)CC2)cc1. The van der Waals surface area contributed by atoms with Crippen LogP contribution in [0.25, 0.3) is 0 Å². The van der Waals surface area contributed by atoms with E-state index in [1.165, 1.54) is 5.56 Å². The molecule has 1 aromatic carbocycles. The van der Waals surface area contributed by atoms with Crippen molar-refractivity contribution in [1.29, 1.82) is 0 Å². The van der Waals surface area contributed by atoms with E-state index in [1.54, 1.807) is 18.5 Å². The molecule has 1 atom stereocenters. The van der Waals surface area contributed by atoms with Crippen molar-refractivity contribution in [2.75, 3.05) is 38.1 Å². The van der Waals surface area contributed by atoms with Gasteiger partial charge < -0.3 is 4.74 Å². The third kappa shape index (κ3) is 5.48. The van der Waals surface area contributed by atoms with Crippen molar-refractivity contribution in [3.63, 3.8) is 0 Å². The molecule has 1 fully saturated rings. The second kappa shape index (κ2) is 9.43. The van der Waals surface area contributed by atoms with E-state index in [2.05, 4.69) is 37.2 Å². The van der Waals surface area contributed by atoms with Gasteiger partial charge in [-0.15, -0.1) is 0 Å². The first-order valence-electron chi connectivity index (χ1n) is 9.41. The Morgan fingerprint density at radius 2 is 1.81 bits per heavy atom. The van der Waals surface area contributed by atoms with Crippen LogP contribution in [0, 0.1) is 0 Å². The van der Waals surface area contributed by atoms with Gasteiger partial charge in [-0.2, -0.15) is 0 Å². The standard InChI is InChI=1S/C20H27N5O2/c1-3-27-18-7-5-17(6-8-18)15-24-11-13-25(14-12-24)16(2)19(26)23-20-21-9-4-10-22-20/h4-10,16H,3,11-15H2,1-2H3,(H,21,22,23,26)/t16-/m0/s1. The molecule has 0 saturated carbocycles. The lowest BCUT2D eigenvalue weighted by atomic mass is 10.1. The van der Waals surface area contributed by atoms with Crippen molar-refractivity contribution in [3.8, 4) is 5.75 Å². The lowest BCUT2D eigenvalue weighted by molar-refractivity contribution is -0.121. The predicted octanol–water partition coefficient (Wildman–Crippen LogP) is 2.02. The quantitative estimate of drug-likeness (QED) is 0.805. The largest absolute Gasteiger partial charge is 0.494 e. The molecule has 0 radical (unpaired) electrons. The second-order valence-electron chi connectivity index (χ2n) is 6.63. The Morgan fingerprint density at radius 1 is 1.15 bits per heavy atom. The molecule has 7 heteroatoms. The van der Waals surface area contributed by atoms with E-state index in [1.807, 2.05) is 26.0 Å². The van der Waals surface area contributed by atoms with Gasteiger partial charge in [-0.05, 0) is 37.6 Å². The molecule has 2 aromatic rings. The van der Waals surface area contributed by atoms with Gasteiger partial charge in [-0.25, -0.2) is 9.97 Å². The highest BCUT2D eigenvalue weighted by Crippen LogP contribution is 2.15. The van der Waals surface area contributed by atoms with E-state index < -0.39 is 0 Å². The number of anilines is 1. The van der Waals surface area contributed by atoms with Gasteiger partial charge in [0.15, 0.2) is 0 Å². The van der Waals surface area contributed by atoms with Crippen LogP contribution in [0.4, 0.5) is 5.95 Å². The number of amides is 1. The average molecular weight is 369 g/mol. The predicted molar refractivity (Wildman–Crippen MR) is 105 cm³/mol. The highest BCUT2D eigenvalue weighted by Gasteiger charge is 2.26. The van der Waals surface area contributed by atoms with Crippen LogP contribution in [0.3, 0.4) is 0 Å². The van der Waals surface area contributed by atoms with E-state index in [-0.39, 0.29) is 11.9 Å². The lowest BCUT2D eigenvalue weighted by Crippen LogP contribution is -2.52. The number of carbonyl (C=O) groups is 1. The summed E-state index contributed by atoms with van der Waals surface area (Å²) in [6.45, 7) is 9.12. The third-order valence-corrected chi connectivity index (χ3v) is 4.78. The number of nitrogens with one attached hydrogen (secondary N) is 1. The number of benzene rings is 1. The lowest BCUT2D eigenvalue weighted by Gasteiger charge is -2.37. The molecule has 0 aliphatic carbocycles. The highest BCUT2D eigenvalue weighted by molar-refractivity contribution is 5.93. The maximum atomic E-state index is 12.4. The van der Waals surface area contributed by atoms with Crippen molar-refractivity contribution in [2.24, 2.45) is 0 Å². The first-order valence-corrected chi connectivity index (χ1v) is 9.41. The van der Waals surface area contributed by atoms with Crippen LogP contribution >= 0.6 is 0 Å². The molecule has 1 saturated heterocycles. The Balaban J connectivity index is 1.45. The summed E-state index contributed by atoms with van der Waals surface area (Å²) in [6.07, 6.45) is 3.24. The molecule has 1 N–H and O–H groups in total. The van der Waals surface area contributed by atoms with Crippen molar-refractivity contribution >= 4 is 11.9 Å². The number of aromatic nitrogens is 2. The van der Waals surface area contributed by atoms with Crippen molar-refractivity contribution in [1.82, 2.24) is 19.8 Å². The Morgan fingerprint density at radius 3 is 2.44 bits per heavy atom. The van der Waals surface area contributed by atoms with Crippen LogP contribution in [0.2, 0.25) is 0 Å². The van der Waals surface area contributed by atoms with Gasteiger partial charge >= 0.3 is 0 Å². The summed E-state index contributed by atoms with van der Waals surface area (Å²) >= 11 is 0. The number of carbonyl (C=O) groups excluding carboxylic acids is 1. The zero-order chi connectivity index (χ0) is 19.1. The fourth-order valence-electron chi connectivity index (χ4n) is 3.17. The third-order valence-electron chi connectivity index (χ3n) is 4.78. The molecule has 0 bridgehead atoms. The molecular formula is C20H27N5O2. The monoisotopic (exact) mass is 369 g/mol. The van der Waals surface area contributed by atoms with Crippen molar-refractivity contribution in [2.45, 2.75) is 26.4 Å². The summed E-state index contributed by atoms with van der Waals surface area (Å²) in [5, 5.41) is 2.78. The van der Waals surface area contributed by atoms with E-state index in [0.29, 0.717) is 12.6 Å². The van der Waals surface area contributed by atoms with E-state index in [0.717, 1.165) is 38.5 Å². The Hall–Kier alpha value is -2.51. The average Bonchev–Trinajstić information content (AvgIpc) is 2.70. The molecule has 0 spiro atoms. The fraction of sp³-hybridized carbons (Fsp3) is 0.450. The minimum absolute atomic E-state index is 0.0684. The maximum Gasteiger partial charge on any atom is 0.243 e. The summed E-state index contributed by atoms with van der Waals surface area (Å²) in [5.41, 5.74) is 1.28. The van der Waals surface area contributed by atoms with Gasteiger partial charge in [0.2, 0.25) is 11.9 Å². The number of piperazine rings is 1. The number of ether oxygens (including phenoxy) is 1. The Labute approximate surface area is 160 Å². The number of nitrogens with zero attached hydrogens (tertiary/aromatic N) is 4. The molecular weight excluding hydrogens is 342 g/mol. The minimum atomic E-state index is -0.207. The van der Waals surface area contributed by atoms with E-state index in [4.69, 9.17) is 4.74 Å². The van der Waals surface area contributed by atoms with Crippen LogP contribution in [0.5, 0.6) is 5.75 Å². The molecule has 27 heavy (non-hydrogen) atoms. The molecule has 3 rings (SSSR count). The van der Waals surface area contributed by atoms with Gasteiger partial charge in [0.25, 0.3) is 0 Å². The molecule has 1 aliphatic heterocycles. The van der Waals surface area contributed by atoms with Crippen LogP contribution in [-0.2, 0) is 11.3 Å². The molecule has 1 aliphatic rings. The molecule has 1 amide bonds. The van der Waals surface area contributed by atoms with Gasteiger partial charge in [0.05, 0.1) is 12.6 Å². The topological polar surface area (TPSA) is 70.6 Å².